The van der Waals surface area contributed by atoms with Gasteiger partial charge in [0, 0.05) is 17.0 Å². The van der Waals surface area contributed by atoms with E-state index in [-0.39, 0.29) is 0 Å². The molecule has 2 aromatic rings. The average Bonchev–Trinajstić information content (AvgIpc) is 2.90. The van der Waals surface area contributed by atoms with E-state index >= 15 is 0 Å². The van der Waals surface area contributed by atoms with E-state index in [4.69, 9.17) is 0 Å². The van der Waals surface area contributed by atoms with Crippen LogP contribution in [0, 0.1) is 0 Å². The molecule has 1 aliphatic heterocycles. The number of aromatic nitrogens is 3. The second kappa shape index (κ2) is 4.38. The van der Waals surface area contributed by atoms with Gasteiger partial charge in [0.2, 0.25) is 4.96 Å². The van der Waals surface area contributed by atoms with Crippen LogP contribution in [-0.2, 0) is 0 Å². The molecule has 92 valence electrons. The monoisotopic (exact) mass is 250 g/mol. The molecule has 1 fully saturated rings. The van der Waals surface area contributed by atoms with Gasteiger partial charge in [0.05, 0.1) is 0 Å². The Bertz CT molecular complexity index is 508. The van der Waals surface area contributed by atoms with Crippen molar-refractivity contribution in [3.63, 3.8) is 0 Å². The number of fused-ring (bicyclic) bond motifs is 1. The number of hydrogen-bond acceptors (Lipinski definition) is 4. The highest BCUT2D eigenvalue weighted by atomic mass is 32.1. The van der Waals surface area contributed by atoms with E-state index < -0.39 is 0 Å². The molecular weight excluding hydrogens is 232 g/mol. The molecule has 3 rings (SSSR count). The largest absolute Gasteiger partial charge is 0.317 e. The maximum Gasteiger partial charge on any atom is 0.216 e. The summed E-state index contributed by atoms with van der Waals surface area (Å²) < 4.78 is 2.28. The maximum atomic E-state index is 4.42. The SMILES string of the molecule is CC(C)c1csc2nnc(C3CCNCC3)n12. The van der Waals surface area contributed by atoms with Crippen LogP contribution in [0.4, 0.5) is 0 Å². The summed E-state index contributed by atoms with van der Waals surface area (Å²) in [5, 5.41) is 14.3. The third-order valence-corrected chi connectivity index (χ3v) is 4.33. The van der Waals surface area contributed by atoms with E-state index in [1.807, 2.05) is 0 Å². The molecule has 4 nitrogen and oxygen atoms in total. The van der Waals surface area contributed by atoms with Gasteiger partial charge >= 0.3 is 0 Å². The lowest BCUT2D eigenvalue weighted by Gasteiger charge is -2.21. The van der Waals surface area contributed by atoms with E-state index in [9.17, 15) is 0 Å². The first-order valence-corrected chi connectivity index (χ1v) is 7.18. The van der Waals surface area contributed by atoms with Gasteiger partial charge in [0.25, 0.3) is 0 Å². The van der Waals surface area contributed by atoms with E-state index in [2.05, 4.69) is 39.1 Å². The number of nitrogens with zero attached hydrogens (tertiary/aromatic N) is 3. The summed E-state index contributed by atoms with van der Waals surface area (Å²) in [4.78, 5) is 1.04. The van der Waals surface area contributed by atoms with Crippen molar-refractivity contribution in [1.82, 2.24) is 19.9 Å². The summed E-state index contributed by atoms with van der Waals surface area (Å²) in [6.45, 7) is 6.66. The Kier molecular flexibility index (Phi) is 2.88. The molecule has 1 N–H and O–H groups in total. The highest BCUT2D eigenvalue weighted by Crippen LogP contribution is 2.29. The van der Waals surface area contributed by atoms with E-state index in [1.54, 1.807) is 11.3 Å². The average molecular weight is 250 g/mol. The van der Waals surface area contributed by atoms with Gasteiger partial charge in [0.1, 0.15) is 5.82 Å². The van der Waals surface area contributed by atoms with Gasteiger partial charge in [-0.15, -0.1) is 21.5 Å². The smallest absolute Gasteiger partial charge is 0.216 e. The summed E-state index contributed by atoms with van der Waals surface area (Å²) >= 11 is 1.70. The maximum absolute atomic E-state index is 4.42. The lowest BCUT2D eigenvalue weighted by atomic mass is 9.97. The molecule has 0 aliphatic carbocycles. The molecule has 0 spiro atoms. The molecule has 0 aromatic carbocycles. The second-order valence-electron chi connectivity index (χ2n) is 5.02. The minimum Gasteiger partial charge on any atom is -0.317 e. The lowest BCUT2D eigenvalue weighted by Crippen LogP contribution is -2.27. The van der Waals surface area contributed by atoms with Crippen LogP contribution in [0.2, 0.25) is 0 Å². The zero-order valence-corrected chi connectivity index (χ0v) is 11.1. The van der Waals surface area contributed by atoms with Crippen LogP contribution in [0.25, 0.3) is 4.96 Å². The molecule has 0 radical (unpaired) electrons. The normalized spacial score (nSPS) is 18.3. The molecule has 3 heterocycles. The van der Waals surface area contributed by atoms with Crippen LogP contribution >= 0.6 is 11.3 Å². The van der Waals surface area contributed by atoms with Gasteiger partial charge in [-0.3, -0.25) is 4.40 Å². The van der Waals surface area contributed by atoms with Gasteiger partial charge in [-0.1, -0.05) is 13.8 Å². The van der Waals surface area contributed by atoms with Crippen LogP contribution in [0.3, 0.4) is 0 Å². The molecule has 0 saturated carbocycles. The third kappa shape index (κ3) is 1.87. The van der Waals surface area contributed by atoms with Gasteiger partial charge in [-0.2, -0.15) is 0 Å². The predicted octanol–water partition coefficient (Wildman–Crippen LogP) is 2.38. The Morgan fingerprint density at radius 2 is 2.12 bits per heavy atom. The summed E-state index contributed by atoms with van der Waals surface area (Å²) in [7, 11) is 0. The highest BCUT2D eigenvalue weighted by Gasteiger charge is 2.23. The number of nitrogens with one attached hydrogen (secondary N) is 1. The van der Waals surface area contributed by atoms with Crippen LogP contribution in [0.5, 0.6) is 0 Å². The molecule has 0 bridgehead atoms. The summed E-state index contributed by atoms with van der Waals surface area (Å²) in [6.07, 6.45) is 2.35. The van der Waals surface area contributed by atoms with Gasteiger partial charge < -0.3 is 5.32 Å². The first-order chi connectivity index (χ1) is 8.27. The minimum atomic E-state index is 0.528. The van der Waals surface area contributed by atoms with Crippen LogP contribution in [0.15, 0.2) is 5.38 Å². The zero-order chi connectivity index (χ0) is 11.8. The number of piperidine rings is 1. The molecule has 1 saturated heterocycles. The predicted molar refractivity (Wildman–Crippen MR) is 69.8 cm³/mol. The number of rotatable bonds is 2. The lowest BCUT2D eigenvalue weighted by molar-refractivity contribution is 0.441. The van der Waals surface area contributed by atoms with Crippen molar-refractivity contribution in [2.75, 3.05) is 13.1 Å². The Morgan fingerprint density at radius 3 is 2.82 bits per heavy atom. The fourth-order valence-electron chi connectivity index (χ4n) is 2.50. The fourth-order valence-corrected chi connectivity index (χ4v) is 3.50. The molecule has 1 aliphatic rings. The number of hydrogen-bond donors (Lipinski definition) is 1. The Hall–Kier alpha value is -0.940. The van der Waals surface area contributed by atoms with Crippen molar-refractivity contribution in [2.24, 2.45) is 0 Å². The molecule has 0 atom stereocenters. The Labute approximate surface area is 105 Å². The molecule has 0 amide bonds. The van der Waals surface area contributed by atoms with E-state index in [0.717, 1.165) is 18.1 Å². The fraction of sp³-hybridized carbons (Fsp3) is 0.667. The van der Waals surface area contributed by atoms with Crippen molar-refractivity contribution in [3.8, 4) is 0 Å². The van der Waals surface area contributed by atoms with Gasteiger partial charge in [-0.25, -0.2) is 0 Å². The Morgan fingerprint density at radius 1 is 1.35 bits per heavy atom. The zero-order valence-electron chi connectivity index (χ0n) is 10.3. The van der Waals surface area contributed by atoms with E-state index in [1.165, 1.54) is 24.4 Å². The van der Waals surface area contributed by atoms with Crippen LogP contribution in [0.1, 0.15) is 50.0 Å². The topological polar surface area (TPSA) is 42.2 Å². The summed E-state index contributed by atoms with van der Waals surface area (Å²) in [5.74, 6) is 2.27. The molecular formula is C12H18N4S. The van der Waals surface area contributed by atoms with Crippen molar-refractivity contribution < 1.29 is 0 Å². The molecule has 2 aromatic heterocycles. The first kappa shape index (κ1) is 11.2. The van der Waals surface area contributed by atoms with Crippen molar-refractivity contribution in [1.29, 1.82) is 0 Å². The van der Waals surface area contributed by atoms with Crippen LogP contribution in [-0.4, -0.2) is 27.7 Å². The summed E-state index contributed by atoms with van der Waals surface area (Å²) in [5.41, 5.74) is 1.35. The first-order valence-electron chi connectivity index (χ1n) is 6.30. The second-order valence-corrected chi connectivity index (χ2v) is 5.85. The minimum absolute atomic E-state index is 0.528. The molecule has 17 heavy (non-hydrogen) atoms. The third-order valence-electron chi connectivity index (χ3n) is 3.50. The van der Waals surface area contributed by atoms with Crippen LogP contribution < -0.4 is 5.32 Å². The molecule has 5 heteroatoms. The summed E-state index contributed by atoms with van der Waals surface area (Å²) in [6, 6.07) is 0. The number of thiazole rings is 1. The standard InChI is InChI=1S/C12H18N4S/c1-8(2)10-7-17-12-15-14-11(16(10)12)9-3-5-13-6-4-9/h7-9,13H,3-6H2,1-2H3. The van der Waals surface area contributed by atoms with Gasteiger partial charge in [-0.05, 0) is 31.8 Å². The van der Waals surface area contributed by atoms with Crippen molar-refractivity contribution in [2.45, 2.75) is 38.5 Å². The highest BCUT2D eigenvalue weighted by molar-refractivity contribution is 7.15. The quantitative estimate of drug-likeness (QED) is 0.890. The molecule has 0 unspecified atom stereocenters. The Balaban J connectivity index is 2.05. The van der Waals surface area contributed by atoms with Gasteiger partial charge in [0.15, 0.2) is 0 Å². The van der Waals surface area contributed by atoms with Crippen molar-refractivity contribution >= 4 is 16.3 Å². The van der Waals surface area contributed by atoms with E-state index in [0.29, 0.717) is 11.8 Å². The van der Waals surface area contributed by atoms with Crippen molar-refractivity contribution in [3.05, 3.63) is 16.9 Å².